The molecule has 2 aromatic carbocycles. The number of nitrogens with zero attached hydrogens (tertiary/aromatic N) is 2. The zero-order chi connectivity index (χ0) is 14.2. The molecule has 0 saturated heterocycles. The van der Waals surface area contributed by atoms with E-state index in [-0.39, 0.29) is 6.04 Å². The van der Waals surface area contributed by atoms with Crippen molar-refractivity contribution in [2.45, 2.75) is 31.2 Å². The van der Waals surface area contributed by atoms with Crippen molar-refractivity contribution in [2.75, 3.05) is 0 Å². The van der Waals surface area contributed by atoms with Crippen LogP contribution >= 0.6 is 0 Å². The molecule has 1 saturated carbocycles. The normalized spacial score (nSPS) is 22.0. The first kappa shape index (κ1) is 12.5. The molecule has 1 aromatic heterocycles. The number of aromatic nitrogens is 2. The molecule has 21 heavy (non-hydrogen) atoms. The van der Waals surface area contributed by atoms with Gasteiger partial charge in [-0.3, -0.25) is 0 Å². The van der Waals surface area contributed by atoms with Crippen LogP contribution in [-0.2, 0) is 0 Å². The topological polar surface area (TPSA) is 64.9 Å². The standard InChI is InChI=1S/C17H17N3O/c18-13-9-8-12(10-13)17-19-16(20-21-17)15-7-3-5-11-4-1-2-6-14(11)15/h1-7,12-13H,8-10,18H2. The Balaban J connectivity index is 1.74. The minimum atomic E-state index is 0.267. The summed E-state index contributed by atoms with van der Waals surface area (Å²) in [5, 5.41) is 6.51. The molecule has 0 bridgehead atoms. The summed E-state index contributed by atoms with van der Waals surface area (Å²) in [6.45, 7) is 0. The molecule has 2 N–H and O–H groups in total. The molecule has 1 fully saturated rings. The molecule has 0 amide bonds. The van der Waals surface area contributed by atoms with Gasteiger partial charge in [-0.05, 0) is 30.0 Å². The number of nitrogens with two attached hydrogens (primary N) is 1. The summed E-state index contributed by atoms with van der Waals surface area (Å²) >= 11 is 0. The summed E-state index contributed by atoms with van der Waals surface area (Å²) < 4.78 is 5.48. The number of benzene rings is 2. The van der Waals surface area contributed by atoms with Crippen LogP contribution in [0.2, 0.25) is 0 Å². The molecule has 2 atom stereocenters. The van der Waals surface area contributed by atoms with Gasteiger partial charge in [-0.2, -0.15) is 4.98 Å². The van der Waals surface area contributed by atoms with Gasteiger partial charge in [-0.1, -0.05) is 47.6 Å². The van der Waals surface area contributed by atoms with Gasteiger partial charge < -0.3 is 10.3 Å². The summed E-state index contributed by atoms with van der Waals surface area (Å²) in [7, 11) is 0. The summed E-state index contributed by atoms with van der Waals surface area (Å²) in [5.74, 6) is 1.71. The third-order valence-electron chi connectivity index (χ3n) is 4.29. The van der Waals surface area contributed by atoms with Crippen molar-refractivity contribution in [1.82, 2.24) is 10.1 Å². The Bertz CT molecular complexity index is 775. The molecule has 2 unspecified atom stereocenters. The van der Waals surface area contributed by atoms with Crippen molar-refractivity contribution in [2.24, 2.45) is 5.73 Å². The van der Waals surface area contributed by atoms with E-state index >= 15 is 0 Å². The van der Waals surface area contributed by atoms with Crippen molar-refractivity contribution < 1.29 is 4.52 Å². The lowest BCUT2D eigenvalue weighted by atomic mass is 10.0. The summed E-state index contributed by atoms with van der Waals surface area (Å²) in [6, 6.07) is 14.7. The molecular formula is C17H17N3O. The SMILES string of the molecule is NC1CCC(c2nc(-c3cccc4ccccc34)no2)C1. The van der Waals surface area contributed by atoms with Crippen LogP contribution in [0.5, 0.6) is 0 Å². The lowest BCUT2D eigenvalue weighted by Crippen LogP contribution is -2.14. The van der Waals surface area contributed by atoms with Gasteiger partial charge in [0.15, 0.2) is 0 Å². The highest BCUT2D eigenvalue weighted by Crippen LogP contribution is 2.34. The first-order chi connectivity index (χ1) is 10.3. The van der Waals surface area contributed by atoms with Gasteiger partial charge in [0.1, 0.15) is 0 Å². The quantitative estimate of drug-likeness (QED) is 0.780. The number of hydrogen-bond donors (Lipinski definition) is 1. The van der Waals surface area contributed by atoms with Crippen molar-refractivity contribution in [3.05, 3.63) is 48.4 Å². The van der Waals surface area contributed by atoms with Gasteiger partial charge >= 0.3 is 0 Å². The highest BCUT2D eigenvalue weighted by Gasteiger charge is 2.28. The van der Waals surface area contributed by atoms with Gasteiger partial charge in [0, 0.05) is 17.5 Å². The maximum Gasteiger partial charge on any atom is 0.230 e. The van der Waals surface area contributed by atoms with Gasteiger partial charge in [0.25, 0.3) is 0 Å². The number of rotatable bonds is 2. The van der Waals surface area contributed by atoms with Gasteiger partial charge in [-0.25, -0.2) is 0 Å². The fourth-order valence-electron chi connectivity index (χ4n) is 3.17. The summed E-state index contributed by atoms with van der Waals surface area (Å²) in [4.78, 5) is 4.61. The third-order valence-corrected chi connectivity index (χ3v) is 4.29. The van der Waals surface area contributed by atoms with Crippen LogP contribution < -0.4 is 5.73 Å². The average Bonchev–Trinajstić information content (AvgIpc) is 3.15. The lowest BCUT2D eigenvalue weighted by molar-refractivity contribution is 0.353. The van der Waals surface area contributed by atoms with Gasteiger partial charge in [0.2, 0.25) is 11.7 Å². The van der Waals surface area contributed by atoms with Gasteiger partial charge in [-0.15, -0.1) is 0 Å². The molecule has 3 aromatic rings. The van der Waals surface area contributed by atoms with Gasteiger partial charge in [0.05, 0.1) is 0 Å². The van der Waals surface area contributed by atoms with Crippen LogP contribution in [0.25, 0.3) is 22.2 Å². The Morgan fingerprint density at radius 1 is 1.05 bits per heavy atom. The predicted molar refractivity (Wildman–Crippen MR) is 81.8 cm³/mol. The average molecular weight is 279 g/mol. The van der Waals surface area contributed by atoms with E-state index in [4.69, 9.17) is 10.3 Å². The highest BCUT2D eigenvalue weighted by molar-refractivity contribution is 5.94. The molecule has 1 heterocycles. The Kier molecular flexibility index (Phi) is 2.97. The molecule has 4 heteroatoms. The van der Waals surface area contributed by atoms with E-state index in [9.17, 15) is 0 Å². The van der Waals surface area contributed by atoms with Crippen LogP contribution in [-0.4, -0.2) is 16.2 Å². The molecule has 0 aliphatic heterocycles. The second-order valence-electron chi connectivity index (χ2n) is 5.75. The third kappa shape index (κ3) is 2.21. The van der Waals surface area contributed by atoms with E-state index in [0.29, 0.717) is 11.7 Å². The molecule has 4 rings (SSSR count). The molecular weight excluding hydrogens is 262 g/mol. The highest BCUT2D eigenvalue weighted by atomic mass is 16.5. The largest absolute Gasteiger partial charge is 0.339 e. The fourth-order valence-corrected chi connectivity index (χ4v) is 3.17. The maximum absolute atomic E-state index is 5.96. The smallest absolute Gasteiger partial charge is 0.230 e. The molecule has 106 valence electrons. The Hall–Kier alpha value is -2.20. The van der Waals surface area contributed by atoms with Crippen molar-refractivity contribution in [1.29, 1.82) is 0 Å². The van der Waals surface area contributed by atoms with Crippen LogP contribution in [0.1, 0.15) is 31.1 Å². The van der Waals surface area contributed by atoms with E-state index in [0.717, 1.165) is 36.1 Å². The molecule has 4 nitrogen and oxygen atoms in total. The minimum absolute atomic E-state index is 0.267. The van der Waals surface area contributed by atoms with E-state index in [1.807, 2.05) is 24.3 Å². The molecule has 0 radical (unpaired) electrons. The maximum atomic E-state index is 5.96. The van der Waals surface area contributed by atoms with Crippen LogP contribution in [0.3, 0.4) is 0 Å². The molecule has 1 aliphatic rings. The van der Waals surface area contributed by atoms with Crippen LogP contribution in [0.4, 0.5) is 0 Å². The summed E-state index contributed by atoms with van der Waals surface area (Å²) in [5.41, 5.74) is 6.98. The lowest BCUT2D eigenvalue weighted by Gasteiger charge is -2.02. The first-order valence-electron chi connectivity index (χ1n) is 7.38. The number of fused-ring (bicyclic) bond motifs is 1. The van der Waals surface area contributed by atoms with Crippen molar-refractivity contribution in [3.8, 4) is 11.4 Å². The van der Waals surface area contributed by atoms with Crippen LogP contribution in [0.15, 0.2) is 47.0 Å². The monoisotopic (exact) mass is 279 g/mol. The zero-order valence-corrected chi connectivity index (χ0v) is 11.7. The van der Waals surface area contributed by atoms with Crippen molar-refractivity contribution in [3.63, 3.8) is 0 Å². The Morgan fingerprint density at radius 2 is 1.90 bits per heavy atom. The number of hydrogen-bond acceptors (Lipinski definition) is 4. The predicted octanol–water partition coefficient (Wildman–Crippen LogP) is 3.48. The zero-order valence-electron chi connectivity index (χ0n) is 11.7. The minimum Gasteiger partial charge on any atom is -0.339 e. The van der Waals surface area contributed by atoms with Crippen molar-refractivity contribution >= 4 is 10.8 Å². The van der Waals surface area contributed by atoms with E-state index in [1.54, 1.807) is 0 Å². The summed E-state index contributed by atoms with van der Waals surface area (Å²) in [6.07, 6.45) is 3.02. The van der Waals surface area contributed by atoms with E-state index < -0.39 is 0 Å². The fraction of sp³-hybridized carbons (Fsp3) is 0.294. The van der Waals surface area contributed by atoms with Crippen LogP contribution in [0, 0.1) is 0 Å². The van der Waals surface area contributed by atoms with E-state index in [2.05, 4.69) is 28.3 Å². The molecule has 0 spiro atoms. The Morgan fingerprint density at radius 3 is 2.76 bits per heavy atom. The second-order valence-corrected chi connectivity index (χ2v) is 5.75. The Labute approximate surface area is 123 Å². The second kappa shape index (κ2) is 4.97. The molecule has 1 aliphatic carbocycles. The first-order valence-corrected chi connectivity index (χ1v) is 7.38. The van der Waals surface area contributed by atoms with E-state index in [1.165, 1.54) is 5.39 Å².